The van der Waals surface area contributed by atoms with E-state index < -0.39 is 5.91 Å². The molecule has 2 aromatic rings. The van der Waals surface area contributed by atoms with Crippen molar-refractivity contribution in [3.63, 3.8) is 0 Å². The third-order valence-electron chi connectivity index (χ3n) is 3.47. The van der Waals surface area contributed by atoms with Gasteiger partial charge in [-0.2, -0.15) is 5.26 Å². The van der Waals surface area contributed by atoms with Gasteiger partial charge in [0.05, 0.1) is 0 Å². The molecule has 7 heteroatoms. The molecule has 0 saturated carbocycles. The molecule has 2 amide bonds. The molecule has 6 nitrogen and oxygen atoms in total. The van der Waals surface area contributed by atoms with E-state index in [1.807, 2.05) is 13.0 Å². The van der Waals surface area contributed by atoms with Gasteiger partial charge < -0.3 is 16.0 Å². The molecule has 2 rings (SSSR count). The number of hydrogen-bond acceptors (Lipinski definition) is 4. The van der Waals surface area contributed by atoms with Crippen LogP contribution < -0.4 is 16.0 Å². The molecule has 0 bridgehead atoms. The molecule has 26 heavy (non-hydrogen) atoms. The summed E-state index contributed by atoms with van der Waals surface area (Å²) in [5, 5.41) is 18.0. The molecule has 0 aromatic heterocycles. The number of anilines is 3. The van der Waals surface area contributed by atoms with Crippen LogP contribution in [0.5, 0.6) is 0 Å². The Hall–Kier alpha value is -3.30. The van der Waals surface area contributed by atoms with Crippen LogP contribution in [0.2, 0.25) is 5.02 Å². The highest BCUT2D eigenvalue weighted by Crippen LogP contribution is 2.23. The Morgan fingerprint density at radius 1 is 1.08 bits per heavy atom. The van der Waals surface area contributed by atoms with E-state index in [2.05, 4.69) is 16.0 Å². The van der Waals surface area contributed by atoms with Gasteiger partial charge in [-0.1, -0.05) is 17.7 Å². The number of rotatable bonds is 5. The second-order valence-electron chi connectivity index (χ2n) is 5.44. The molecule has 0 unspecified atom stereocenters. The van der Waals surface area contributed by atoms with Gasteiger partial charge in [0.1, 0.15) is 11.6 Å². The summed E-state index contributed by atoms with van der Waals surface area (Å²) < 4.78 is 0. The van der Waals surface area contributed by atoms with Crippen molar-refractivity contribution in [2.24, 2.45) is 0 Å². The maximum Gasteiger partial charge on any atom is 0.267 e. The van der Waals surface area contributed by atoms with Crippen molar-refractivity contribution in [3.05, 3.63) is 64.8 Å². The van der Waals surface area contributed by atoms with E-state index in [-0.39, 0.29) is 11.5 Å². The summed E-state index contributed by atoms with van der Waals surface area (Å²) in [6.45, 7) is 3.25. The van der Waals surface area contributed by atoms with Crippen LogP contribution in [-0.2, 0) is 9.59 Å². The van der Waals surface area contributed by atoms with E-state index in [1.165, 1.54) is 13.1 Å². The molecule has 3 N–H and O–H groups in total. The Kier molecular flexibility index (Phi) is 6.36. The molecular weight excluding hydrogens is 352 g/mol. The first-order valence-electron chi connectivity index (χ1n) is 7.71. The average Bonchev–Trinajstić information content (AvgIpc) is 2.60. The van der Waals surface area contributed by atoms with Crippen molar-refractivity contribution in [1.82, 2.24) is 0 Å². The number of nitrogens with zero attached hydrogens (tertiary/aromatic N) is 1. The number of halogens is 1. The lowest BCUT2D eigenvalue weighted by atomic mass is 10.2. The number of carbonyl (C=O) groups is 2. The second-order valence-corrected chi connectivity index (χ2v) is 5.85. The summed E-state index contributed by atoms with van der Waals surface area (Å²) in [7, 11) is 0. The smallest absolute Gasteiger partial charge is 0.267 e. The van der Waals surface area contributed by atoms with Crippen LogP contribution in [0, 0.1) is 18.3 Å². The number of nitrogens with one attached hydrogen (secondary N) is 3. The zero-order valence-electron chi connectivity index (χ0n) is 14.3. The lowest BCUT2D eigenvalue weighted by Crippen LogP contribution is -2.14. The molecule has 0 aliphatic heterocycles. The number of benzene rings is 2. The quantitative estimate of drug-likeness (QED) is 0.547. The van der Waals surface area contributed by atoms with E-state index in [9.17, 15) is 14.9 Å². The fourth-order valence-corrected chi connectivity index (χ4v) is 2.28. The molecule has 0 aliphatic carbocycles. The van der Waals surface area contributed by atoms with Gasteiger partial charge in [0.2, 0.25) is 5.91 Å². The zero-order valence-corrected chi connectivity index (χ0v) is 15.0. The van der Waals surface area contributed by atoms with Gasteiger partial charge in [0.15, 0.2) is 0 Å². The van der Waals surface area contributed by atoms with Gasteiger partial charge in [-0.15, -0.1) is 0 Å². The van der Waals surface area contributed by atoms with Gasteiger partial charge in [-0.05, 0) is 48.9 Å². The van der Waals surface area contributed by atoms with Crippen molar-refractivity contribution in [2.75, 3.05) is 16.0 Å². The van der Waals surface area contributed by atoms with Gasteiger partial charge >= 0.3 is 0 Å². The highest BCUT2D eigenvalue weighted by atomic mass is 35.5. The standard InChI is InChI=1S/C19H17ClN4O2/c1-12-17(20)4-3-5-18(12)22-11-14(10-21)19(26)24-16-8-6-15(7-9-16)23-13(2)25/h3-9,11,22H,1-2H3,(H,23,25)(H,24,26)/b14-11-. The summed E-state index contributed by atoms with van der Waals surface area (Å²) in [5.74, 6) is -0.731. The normalized spacial score (nSPS) is 10.6. The highest BCUT2D eigenvalue weighted by Gasteiger charge is 2.10. The van der Waals surface area contributed by atoms with Crippen molar-refractivity contribution >= 4 is 40.5 Å². The van der Waals surface area contributed by atoms with Crippen molar-refractivity contribution in [2.45, 2.75) is 13.8 Å². The molecule has 132 valence electrons. The van der Waals surface area contributed by atoms with E-state index in [1.54, 1.807) is 42.5 Å². The van der Waals surface area contributed by atoms with Crippen molar-refractivity contribution in [3.8, 4) is 6.07 Å². The van der Waals surface area contributed by atoms with Crippen LogP contribution in [0.4, 0.5) is 17.1 Å². The van der Waals surface area contributed by atoms with Crippen molar-refractivity contribution < 1.29 is 9.59 Å². The highest BCUT2D eigenvalue weighted by molar-refractivity contribution is 6.31. The molecule has 2 aromatic carbocycles. The predicted octanol–water partition coefficient (Wildman–Crippen LogP) is 4.06. The lowest BCUT2D eigenvalue weighted by molar-refractivity contribution is -0.114. The molecule has 0 heterocycles. The Labute approximate surface area is 156 Å². The zero-order chi connectivity index (χ0) is 19.1. The van der Waals surface area contributed by atoms with E-state index in [4.69, 9.17) is 11.6 Å². The third-order valence-corrected chi connectivity index (χ3v) is 3.88. The first kappa shape index (κ1) is 19.0. The van der Waals surface area contributed by atoms with Gasteiger partial charge in [0, 0.05) is 35.2 Å². The molecule has 0 aliphatic rings. The van der Waals surface area contributed by atoms with Gasteiger partial charge in [-0.25, -0.2) is 0 Å². The fraction of sp³-hybridized carbons (Fsp3) is 0.105. The molecule has 0 radical (unpaired) electrons. The van der Waals surface area contributed by atoms with Crippen LogP contribution in [-0.4, -0.2) is 11.8 Å². The van der Waals surface area contributed by atoms with E-state index in [0.717, 1.165) is 5.56 Å². The van der Waals surface area contributed by atoms with Gasteiger partial charge in [-0.3, -0.25) is 9.59 Å². The number of hydrogen-bond donors (Lipinski definition) is 3. The SMILES string of the molecule is CC(=O)Nc1ccc(NC(=O)/C(C#N)=C\Nc2cccc(Cl)c2C)cc1. The van der Waals surface area contributed by atoms with Gasteiger partial charge in [0.25, 0.3) is 5.91 Å². The topological polar surface area (TPSA) is 94.0 Å². The first-order chi connectivity index (χ1) is 12.4. The third kappa shape index (κ3) is 5.10. The first-order valence-corrected chi connectivity index (χ1v) is 8.09. The Morgan fingerprint density at radius 3 is 2.27 bits per heavy atom. The van der Waals surface area contributed by atoms with Crippen LogP contribution >= 0.6 is 11.6 Å². The molecule has 0 saturated heterocycles. The summed E-state index contributed by atoms with van der Waals surface area (Å²) >= 11 is 6.05. The minimum Gasteiger partial charge on any atom is -0.360 e. The number of amides is 2. The molecule has 0 spiro atoms. The van der Waals surface area contributed by atoms with Crippen LogP contribution in [0.3, 0.4) is 0 Å². The van der Waals surface area contributed by atoms with Crippen LogP contribution in [0.15, 0.2) is 54.2 Å². The summed E-state index contributed by atoms with van der Waals surface area (Å²) in [5.41, 5.74) is 2.55. The minimum absolute atomic E-state index is 0.0877. The largest absolute Gasteiger partial charge is 0.360 e. The second kappa shape index (κ2) is 8.70. The van der Waals surface area contributed by atoms with Crippen molar-refractivity contribution in [1.29, 1.82) is 5.26 Å². The van der Waals surface area contributed by atoms with E-state index >= 15 is 0 Å². The monoisotopic (exact) mass is 368 g/mol. The number of nitriles is 1. The average molecular weight is 369 g/mol. The molecular formula is C19H17ClN4O2. The maximum absolute atomic E-state index is 12.2. The summed E-state index contributed by atoms with van der Waals surface area (Å²) in [6, 6.07) is 13.8. The van der Waals surface area contributed by atoms with Crippen LogP contribution in [0.1, 0.15) is 12.5 Å². The number of carbonyl (C=O) groups excluding carboxylic acids is 2. The predicted molar refractivity (Wildman–Crippen MR) is 103 cm³/mol. The lowest BCUT2D eigenvalue weighted by Gasteiger charge is -2.08. The Balaban J connectivity index is 2.07. The summed E-state index contributed by atoms with van der Waals surface area (Å²) in [6.07, 6.45) is 1.33. The maximum atomic E-state index is 12.2. The Bertz CT molecular complexity index is 899. The minimum atomic E-state index is -0.549. The molecule has 0 fully saturated rings. The summed E-state index contributed by atoms with van der Waals surface area (Å²) in [4.78, 5) is 23.2. The van der Waals surface area contributed by atoms with Crippen LogP contribution in [0.25, 0.3) is 0 Å². The fourth-order valence-electron chi connectivity index (χ4n) is 2.10. The molecule has 0 atom stereocenters. The van der Waals surface area contributed by atoms with E-state index in [0.29, 0.717) is 22.1 Å². The Morgan fingerprint density at radius 2 is 1.69 bits per heavy atom.